The van der Waals surface area contributed by atoms with Crippen LogP contribution in [-0.4, -0.2) is 27.5 Å². The Labute approximate surface area is 158 Å². The highest BCUT2D eigenvalue weighted by atomic mass is 35.5. The van der Waals surface area contributed by atoms with Crippen molar-refractivity contribution < 1.29 is 17.9 Å². The molecule has 2 rings (SSSR count). The van der Waals surface area contributed by atoms with Crippen LogP contribution in [0.2, 0.25) is 5.02 Å². The van der Waals surface area contributed by atoms with Gasteiger partial charge in [-0.3, -0.25) is 4.79 Å². The van der Waals surface area contributed by atoms with E-state index in [2.05, 4.69) is 10.0 Å². The Morgan fingerprint density at radius 3 is 2.46 bits per heavy atom. The van der Waals surface area contributed by atoms with Crippen LogP contribution >= 0.6 is 11.6 Å². The number of hydrogen-bond donors (Lipinski definition) is 2. The molecule has 140 valence electrons. The molecule has 2 aromatic rings. The summed E-state index contributed by atoms with van der Waals surface area (Å²) in [4.78, 5) is 12.1. The highest BCUT2D eigenvalue weighted by molar-refractivity contribution is 7.89. The van der Waals surface area contributed by atoms with Gasteiger partial charge in [0.15, 0.2) is 6.61 Å². The molecule has 0 saturated carbocycles. The van der Waals surface area contributed by atoms with Crippen molar-refractivity contribution in [2.24, 2.45) is 0 Å². The van der Waals surface area contributed by atoms with Crippen LogP contribution in [0.4, 0.5) is 5.69 Å². The topological polar surface area (TPSA) is 84.5 Å². The number of halogens is 1. The van der Waals surface area contributed by atoms with E-state index >= 15 is 0 Å². The molecule has 0 unspecified atom stereocenters. The Balaban J connectivity index is 1.97. The smallest absolute Gasteiger partial charge is 0.262 e. The molecule has 26 heavy (non-hydrogen) atoms. The number of carbonyl (C=O) groups excluding carboxylic acids is 1. The minimum absolute atomic E-state index is 0.168. The molecule has 2 aromatic carbocycles. The summed E-state index contributed by atoms with van der Waals surface area (Å²) in [5, 5.41) is 3.27. The van der Waals surface area contributed by atoms with Gasteiger partial charge < -0.3 is 10.1 Å². The number of benzene rings is 2. The van der Waals surface area contributed by atoms with Crippen LogP contribution in [0.25, 0.3) is 0 Å². The molecule has 6 nitrogen and oxygen atoms in total. The largest absolute Gasteiger partial charge is 0.483 e. The van der Waals surface area contributed by atoms with Crippen molar-refractivity contribution in [3.05, 3.63) is 53.1 Å². The molecule has 0 saturated heterocycles. The number of carbonyl (C=O) groups is 1. The van der Waals surface area contributed by atoms with Crippen molar-refractivity contribution in [3.63, 3.8) is 0 Å². The maximum absolute atomic E-state index is 12.1. The van der Waals surface area contributed by atoms with E-state index in [9.17, 15) is 13.2 Å². The second-order valence-electron chi connectivity index (χ2n) is 5.67. The van der Waals surface area contributed by atoms with Gasteiger partial charge in [-0.1, -0.05) is 18.5 Å². The second kappa shape index (κ2) is 9.02. The third-order valence-corrected chi connectivity index (χ3v) is 5.20. The van der Waals surface area contributed by atoms with E-state index in [0.717, 1.165) is 0 Å². The van der Waals surface area contributed by atoms with Crippen LogP contribution < -0.4 is 14.8 Å². The molecular formula is C18H21ClN2O4S. The first-order valence-electron chi connectivity index (χ1n) is 8.10. The quantitative estimate of drug-likeness (QED) is 0.716. The first-order chi connectivity index (χ1) is 12.3. The molecular weight excluding hydrogens is 376 g/mol. The summed E-state index contributed by atoms with van der Waals surface area (Å²) in [6, 6.07) is 11.2. The van der Waals surface area contributed by atoms with Crippen molar-refractivity contribution in [1.29, 1.82) is 0 Å². The summed E-state index contributed by atoms with van der Waals surface area (Å²) in [6.45, 7) is 3.80. The number of aryl methyl sites for hydroxylation is 1. The molecule has 0 fully saturated rings. The monoisotopic (exact) mass is 396 g/mol. The standard InChI is InChI=1S/C18H21ClN2O4S/c1-3-10-20-26(23,24)16-8-9-17(13(2)11-16)25-12-18(22)21-15-6-4-14(19)5-7-15/h4-9,11,20H,3,10,12H2,1-2H3,(H,21,22). The Hall–Kier alpha value is -2.09. The number of rotatable bonds is 8. The SMILES string of the molecule is CCCNS(=O)(=O)c1ccc(OCC(=O)Nc2ccc(Cl)cc2)c(C)c1. The van der Waals surface area contributed by atoms with E-state index in [1.807, 2.05) is 6.92 Å². The van der Waals surface area contributed by atoms with Gasteiger partial charge in [-0.05, 0) is 61.4 Å². The molecule has 0 radical (unpaired) electrons. The van der Waals surface area contributed by atoms with Gasteiger partial charge in [0.2, 0.25) is 10.0 Å². The van der Waals surface area contributed by atoms with E-state index in [-0.39, 0.29) is 17.4 Å². The zero-order valence-corrected chi connectivity index (χ0v) is 16.2. The molecule has 0 bridgehead atoms. The van der Waals surface area contributed by atoms with Crippen LogP contribution in [0.3, 0.4) is 0 Å². The number of sulfonamides is 1. The van der Waals surface area contributed by atoms with Crippen LogP contribution in [0.15, 0.2) is 47.4 Å². The molecule has 0 aliphatic heterocycles. The van der Waals surface area contributed by atoms with Gasteiger partial charge in [0, 0.05) is 17.3 Å². The lowest BCUT2D eigenvalue weighted by Crippen LogP contribution is -2.24. The molecule has 2 N–H and O–H groups in total. The summed E-state index contributed by atoms with van der Waals surface area (Å²) in [6.07, 6.45) is 0.710. The van der Waals surface area contributed by atoms with Crippen molar-refractivity contribution in [2.45, 2.75) is 25.2 Å². The summed E-state index contributed by atoms with van der Waals surface area (Å²) < 4.78 is 32.2. The summed E-state index contributed by atoms with van der Waals surface area (Å²) in [7, 11) is -3.53. The molecule has 1 amide bonds. The molecule has 0 atom stereocenters. The fourth-order valence-corrected chi connectivity index (χ4v) is 3.49. The second-order valence-corrected chi connectivity index (χ2v) is 7.87. The highest BCUT2D eigenvalue weighted by Crippen LogP contribution is 2.22. The lowest BCUT2D eigenvalue weighted by atomic mass is 10.2. The molecule has 8 heteroatoms. The first-order valence-corrected chi connectivity index (χ1v) is 9.96. The predicted octanol–water partition coefficient (Wildman–Crippen LogP) is 3.35. The van der Waals surface area contributed by atoms with Crippen LogP contribution in [0.5, 0.6) is 5.75 Å². The molecule has 0 aliphatic carbocycles. The number of anilines is 1. The number of amides is 1. The predicted molar refractivity (Wildman–Crippen MR) is 102 cm³/mol. The van der Waals surface area contributed by atoms with Gasteiger partial charge in [-0.2, -0.15) is 0 Å². The van der Waals surface area contributed by atoms with Gasteiger partial charge in [0.05, 0.1) is 4.90 Å². The van der Waals surface area contributed by atoms with Crippen molar-refractivity contribution in [2.75, 3.05) is 18.5 Å². The van der Waals surface area contributed by atoms with Gasteiger partial charge in [-0.25, -0.2) is 13.1 Å². The third-order valence-electron chi connectivity index (χ3n) is 3.49. The number of hydrogen-bond acceptors (Lipinski definition) is 4. The molecule has 0 aromatic heterocycles. The van der Waals surface area contributed by atoms with E-state index in [1.165, 1.54) is 12.1 Å². The molecule has 0 heterocycles. The summed E-state index contributed by atoms with van der Waals surface area (Å²) in [5.74, 6) is 0.124. The number of nitrogens with one attached hydrogen (secondary N) is 2. The Morgan fingerprint density at radius 1 is 1.15 bits per heavy atom. The van der Waals surface area contributed by atoms with Crippen LogP contribution in [0.1, 0.15) is 18.9 Å². The average Bonchev–Trinajstić information content (AvgIpc) is 2.61. The Morgan fingerprint density at radius 2 is 1.85 bits per heavy atom. The normalized spacial score (nSPS) is 11.2. The maximum Gasteiger partial charge on any atom is 0.262 e. The van der Waals surface area contributed by atoms with Crippen molar-refractivity contribution in [3.8, 4) is 5.75 Å². The Kier molecular flexibility index (Phi) is 7.02. The van der Waals surface area contributed by atoms with E-state index in [4.69, 9.17) is 16.3 Å². The fourth-order valence-electron chi connectivity index (χ4n) is 2.14. The molecule has 0 spiro atoms. The van der Waals surface area contributed by atoms with Crippen molar-refractivity contribution >= 4 is 33.2 Å². The minimum atomic E-state index is -3.53. The van der Waals surface area contributed by atoms with E-state index < -0.39 is 10.0 Å². The zero-order chi connectivity index (χ0) is 19.2. The lowest BCUT2D eigenvalue weighted by molar-refractivity contribution is -0.118. The number of ether oxygens (including phenoxy) is 1. The van der Waals surface area contributed by atoms with E-state index in [1.54, 1.807) is 37.3 Å². The van der Waals surface area contributed by atoms with Gasteiger partial charge >= 0.3 is 0 Å². The van der Waals surface area contributed by atoms with Gasteiger partial charge in [-0.15, -0.1) is 0 Å². The average molecular weight is 397 g/mol. The zero-order valence-electron chi connectivity index (χ0n) is 14.6. The lowest BCUT2D eigenvalue weighted by Gasteiger charge is -2.12. The third kappa shape index (κ3) is 5.72. The first kappa shape index (κ1) is 20.2. The van der Waals surface area contributed by atoms with Crippen LogP contribution in [-0.2, 0) is 14.8 Å². The summed E-state index contributed by atoms with van der Waals surface area (Å²) in [5.41, 5.74) is 1.24. The minimum Gasteiger partial charge on any atom is -0.483 e. The maximum atomic E-state index is 12.1. The van der Waals surface area contributed by atoms with E-state index in [0.29, 0.717) is 35.0 Å². The van der Waals surface area contributed by atoms with Gasteiger partial charge in [0.25, 0.3) is 5.91 Å². The highest BCUT2D eigenvalue weighted by Gasteiger charge is 2.15. The fraction of sp³-hybridized carbons (Fsp3) is 0.278. The summed E-state index contributed by atoms with van der Waals surface area (Å²) >= 11 is 5.79. The Bertz CT molecular complexity index is 867. The van der Waals surface area contributed by atoms with Crippen molar-refractivity contribution in [1.82, 2.24) is 4.72 Å². The molecule has 0 aliphatic rings. The van der Waals surface area contributed by atoms with Gasteiger partial charge in [0.1, 0.15) is 5.75 Å². The van der Waals surface area contributed by atoms with Crippen LogP contribution in [0, 0.1) is 6.92 Å².